The maximum absolute atomic E-state index is 13.8. The number of imide groups is 1. The number of halogens is 1. The summed E-state index contributed by atoms with van der Waals surface area (Å²) in [7, 11) is 0. The number of aromatic nitrogens is 1. The first kappa shape index (κ1) is 24.6. The molecule has 9 nitrogen and oxygen atoms in total. The lowest BCUT2D eigenvalue weighted by molar-refractivity contribution is -0.125. The number of hydrogen-bond donors (Lipinski definition) is 1. The lowest BCUT2D eigenvalue weighted by Gasteiger charge is -2.34. The highest BCUT2D eigenvalue weighted by Gasteiger charge is 2.35. The van der Waals surface area contributed by atoms with Gasteiger partial charge in [-0.2, -0.15) is 0 Å². The number of carbonyl (C=O) groups is 4. The van der Waals surface area contributed by atoms with Crippen molar-refractivity contribution in [2.45, 2.75) is 0 Å². The Bertz CT molecular complexity index is 1150. The van der Waals surface area contributed by atoms with Gasteiger partial charge >= 0.3 is 0 Å². The summed E-state index contributed by atoms with van der Waals surface area (Å²) in [4.78, 5) is 58.5. The van der Waals surface area contributed by atoms with E-state index in [2.05, 4.69) is 10.3 Å². The Labute approximate surface area is 206 Å². The van der Waals surface area contributed by atoms with E-state index in [4.69, 9.17) is 0 Å². The molecule has 0 unspecified atom stereocenters. The molecule has 0 saturated carbocycles. The smallest absolute Gasteiger partial charge is 0.293 e. The second-order valence-electron chi connectivity index (χ2n) is 7.99. The number of pyridine rings is 1. The van der Waals surface area contributed by atoms with Gasteiger partial charge in [0.1, 0.15) is 11.5 Å². The van der Waals surface area contributed by atoms with Crippen molar-refractivity contribution in [3.8, 4) is 0 Å². The molecule has 0 bridgehead atoms. The predicted molar refractivity (Wildman–Crippen MR) is 129 cm³/mol. The summed E-state index contributed by atoms with van der Waals surface area (Å²) in [5.41, 5.74) is 0.628. The minimum atomic E-state index is -0.508. The zero-order chi connectivity index (χ0) is 24.8. The van der Waals surface area contributed by atoms with E-state index < -0.39 is 17.0 Å². The number of nitrogens with one attached hydrogen (secondary N) is 1. The highest BCUT2D eigenvalue weighted by atomic mass is 32.2. The lowest BCUT2D eigenvalue weighted by Crippen LogP contribution is -2.51. The molecule has 0 atom stereocenters. The molecule has 4 rings (SSSR count). The topological polar surface area (TPSA) is 103 Å². The summed E-state index contributed by atoms with van der Waals surface area (Å²) in [5.74, 6) is -1.35. The molecular formula is C24H24FN5O4S. The van der Waals surface area contributed by atoms with Gasteiger partial charge < -0.3 is 10.2 Å². The number of amides is 4. The van der Waals surface area contributed by atoms with Crippen LogP contribution in [0.3, 0.4) is 0 Å². The first-order valence-electron chi connectivity index (χ1n) is 11.1. The van der Waals surface area contributed by atoms with Crippen LogP contribution in [0.4, 0.5) is 9.18 Å². The third-order valence-electron chi connectivity index (χ3n) is 5.63. The minimum absolute atomic E-state index is 0.0252. The molecular weight excluding hydrogens is 473 g/mol. The highest BCUT2D eigenvalue weighted by Crippen LogP contribution is 2.32. The van der Waals surface area contributed by atoms with E-state index in [1.165, 1.54) is 18.2 Å². The van der Waals surface area contributed by atoms with Crippen molar-refractivity contribution in [2.24, 2.45) is 0 Å². The average Bonchev–Trinajstić information content (AvgIpc) is 3.13. The van der Waals surface area contributed by atoms with Gasteiger partial charge in [0.25, 0.3) is 17.1 Å². The number of rotatable bonds is 7. The summed E-state index contributed by atoms with van der Waals surface area (Å²) in [5, 5.41) is 2.27. The first-order valence-corrected chi connectivity index (χ1v) is 11.9. The van der Waals surface area contributed by atoms with Crippen molar-refractivity contribution < 1.29 is 23.6 Å². The zero-order valence-corrected chi connectivity index (χ0v) is 19.7. The van der Waals surface area contributed by atoms with Gasteiger partial charge in [0.2, 0.25) is 5.91 Å². The summed E-state index contributed by atoms with van der Waals surface area (Å²) in [6, 6.07) is 11.2. The van der Waals surface area contributed by atoms with Gasteiger partial charge in [-0.3, -0.25) is 34.0 Å². The Morgan fingerprint density at radius 1 is 1.06 bits per heavy atom. The van der Waals surface area contributed by atoms with Gasteiger partial charge in [-0.15, -0.1) is 0 Å². The van der Waals surface area contributed by atoms with Gasteiger partial charge in [-0.05, 0) is 36.0 Å². The van der Waals surface area contributed by atoms with Gasteiger partial charge in [-0.25, -0.2) is 4.39 Å². The molecule has 182 valence electrons. The van der Waals surface area contributed by atoms with Crippen LogP contribution in [0.15, 0.2) is 53.6 Å². The van der Waals surface area contributed by atoms with Crippen LogP contribution in [-0.4, -0.2) is 88.5 Å². The molecule has 1 aromatic heterocycles. The Morgan fingerprint density at radius 2 is 1.80 bits per heavy atom. The molecule has 2 saturated heterocycles. The molecule has 3 heterocycles. The van der Waals surface area contributed by atoms with Crippen molar-refractivity contribution in [3.63, 3.8) is 0 Å². The molecule has 2 aliphatic rings. The molecule has 1 aromatic carbocycles. The molecule has 2 aromatic rings. The van der Waals surface area contributed by atoms with Crippen molar-refractivity contribution in [2.75, 3.05) is 45.8 Å². The number of carbonyl (C=O) groups excluding carboxylic acids is 4. The number of hydrogen-bond acceptors (Lipinski definition) is 7. The SMILES string of the molecule is O=C(CN1CCN(C(=O)c2ccccn2)CC1)NCCN1C(=O)SC(=Cc2ccccc2F)C1=O. The summed E-state index contributed by atoms with van der Waals surface area (Å²) >= 11 is 0.748. The van der Waals surface area contributed by atoms with Crippen molar-refractivity contribution in [3.05, 3.63) is 70.6 Å². The van der Waals surface area contributed by atoms with E-state index in [1.54, 1.807) is 41.4 Å². The molecule has 0 aliphatic carbocycles. The molecule has 35 heavy (non-hydrogen) atoms. The average molecular weight is 498 g/mol. The zero-order valence-electron chi connectivity index (χ0n) is 18.9. The van der Waals surface area contributed by atoms with E-state index in [1.807, 2.05) is 4.90 Å². The number of piperazine rings is 1. The molecule has 0 spiro atoms. The third kappa shape index (κ3) is 6.11. The van der Waals surface area contributed by atoms with E-state index in [0.29, 0.717) is 31.9 Å². The number of thioether (sulfide) groups is 1. The Morgan fingerprint density at radius 3 is 2.51 bits per heavy atom. The molecule has 0 radical (unpaired) electrons. The van der Waals surface area contributed by atoms with E-state index in [-0.39, 0.29) is 41.9 Å². The van der Waals surface area contributed by atoms with Crippen LogP contribution in [-0.2, 0) is 9.59 Å². The van der Waals surface area contributed by atoms with Crippen LogP contribution < -0.4 is 5.32 Å². The standard InChI is InChI=1S/C24H24FN5O4S/c25-18-6-2-1-5-17(18)15-20-23(33)30(24(34)35-20)10-9-27-21(31)16-28-11-13-29(14-12-28)22(32)19-7-3-4-8-26-19/h1-8,15H,9-14,16H2,(H,27,31). The van der Waals surface area contributed by atoms with E-state index in [9.17, 15) is 23.6 Å². The molecule has 2 fully saturated rings. The van der Waals surface area contributed by atoms with Gasteiger partial charge in [-0.1, -0.05) is 24.3 Å². The Balaban J connectivity index is 1.20. The fraction of sp³-hybridized carbons (Fsp3) is 0.292. The van der Waals surface area contributed by atoms with Gasteiger partial charge in [0.05, 0.1) is 11.4 Å². The second kappa shape index (κ2) is 11.2. The molecule has 4 amide bonds. The van der Waals surface area contributed by atoms with Crippen LogP contribution in [0, 0.1) is 5.82 Å². The molecule has 11 heteroatoms. The maximum atomic E-state index is 13.8. The Hall–Kier alpha value is -3.57. The first-order chi connectivity index (χ1) is 16.9. The summed E-state index contributed by atoms with van der Waals surface area (Å²) in [6.07, 6.45) is 2.94. The van der Waals surface area contributed by atoms with Gasteiger partial charge in [0, 0.05) is 51.0 Å². The summed E-state index contributed by atoms with van der Waals surface area (Å²) < 4.78 is 13.8. The number of nitrogens with zero attached hydrogens (tertiary/aromatic N) is 4. The monoisotopic (exact) mass is 497 g/mol. The number of benzene rings is 1. The maximum Gasteiger partial charge on any atom is 0.293 e. The van der Waals surface area contributed by atoms with Crippen molar-refractivity contribution >= 4 is 40.8 Å². The molecule has 2 aliphatic heterocycles. The van der Waals surface area contributed by atoms with Crippen LogP contribution in [0.1, 0.15) is 16.1 Å². The predicted octanol–water partition coefficient (Wildman–Crippen LogP) is 1.83. The quantitative estimate of drug-likeness (QED) is 0.582. The van der Waals surface area contributed by atoms with Gasteiger partial charge in [0.15, 0.2) is 0 Å². The van der Waals surface area contributed by atoms with Crippen LogP contribution >= 0.6 is 11.8 Å². The minimum Gasteiger partial charge on any atom is -0.353 e. The van der Waals surface area contributed by atoms with Crippen molar-refractivity contribution in [1.29, 1.82) is 0 Å². The third-order valence-corrected chi connectivity index (χ3v) is 6.54. The Kier molecular flexibility index (Phi) is 7.88. The highest BCUT2D eigenvalue weighted by molar-refractivity contribution is 8.18. The second-order valence-corrected chi connectivity index (χ2v) is 8.98. The largest absolute Gasteiger partial charge is 0.353 e. The van der Waals surface area contributed by atoms with E-state index >= 15 is 0 Å². The van der Waals surface area contributed by atoms with Crippen LogP contribution in [0.2, 0.25) is 0 Å². The molecule has 1 N–H and O–H groups in total. The van der Waals surface area contributed by atoms with Crippen LogP contribution in [0.5, 0.6) is 0 Å². The van der Waals surface area contributed by atoms with E-state index in [0.717, 1.165) is 16.7 Å². The fourth-order valence-electron chi connectivity index (χ4n) is 3.75. The lowest BCUT2D eigenvalue weighted by atomic mass is 10.2. The normalized spacial score (nSPS) is 17.8. The van der Waals surface area contributed by atoms with Crippen molar-refractivity contribution in [1.82, 2.24) is 25.0 Å². The summed E-state index contributed by atoms with van der Waals surface area (Å²) in [6.45, 7) is 2.38. The van der Waals surface area contributed by atoms with Crippen LogP contribution in [0.25, 0.3) is 6.08 Å². The fourth-order valence-corrected chi connectivity index (χ4v) is 4.61.